The maximum Gasteiger partial charge on any atom is 0.166 e. The van der Waals surface area contributed by atoms with Crippen LogP contribution in [-0.2, 0) is 5.75 Å². The molecule has 0 bridgehead atoms. The van der Waals surface area contributed by atoms with Crippen LogP contribution in [-0.4, -0.2) is 20.1 Å². The van der Waals surface area contributed by atoms with E-state index in [0.29, 0.717) is 37.5 Å². The number of nitrogens with one attached hydrogen (secondary N) is 1. The van der Waals surface area contributed by atoms with Gasteiger partial charge in [-0.3, -0.25) is 4.98 Å². The number of nitrogens with zero attached hydrogens (tertiary/aromatic N) is 4. The Morgan fingerprint density at radius 2 is 1.90 bits per heavy atom. The summed E-state index contributed by atoms with van der Waals surface area (Å²) >= 11 is 19.6. The number of amidine groups is 1. The van der Waals surface area contributed by atoms with Crippen molar-refractivity contribution in [3.8, 4) is 0 Å². The van der Waals surface area contributed by atoms with Gasteiger partial charge in [-0.25, -0.2) is 15.0 Å². The van der Waals surface area contributed by atoms with Crippen LogP contribution in [0.25, 0.3) is 0 Å². The van der Waals surface area contributed by atoms with Gasteiger partial charge in [0.05, 0.1) is 15.7 Å². The molecule has 0 radical (unpaired) electrons. The molecular formula is C11H6Cl3N5S. The average molecular weight is 347 g/mol. The molecule has 0 unspecified atom stereocenters. The Balaban J connectivity index is 1.98. The lowest BCUT2D eigenvalue weighted by atomic mass is 10.3. The Bertz CT molecular complexity index is 686. The quantitative estimate of drug-likeness (QED) is 0.785. The molecule has 0 amide bonds. The molecule has 102 valence electrons. The summed E-state index contributed by atoms with van der Waals surface area (Å²) in [5.74, 6) is 0.643. The summed E-state index contributed by atoms with van der Waals surface area (Å²) in [6.45, 7) is 0. The van der Waals surface area contributed by atoms with E-state index >= 15 is 0 Å². The highest BCUT2D eigenvalue weighted by atomic mass is 35.5. The molecule has 20 heavy (non-hydrogen) atoms. The summed E-state index contributed by atoms with van der Waals surface area (Å²) in [5, 5.41) is 4.84. The van der Waals surface area contributed by atoms with Crippen molar-refractivity contribution in [2.75, 3.05) is 5.32 Å². The van der Waals surface area contributed by atoms with Gasteiger partial charge in [0, 0.05) is 18.1 Å². The van der Waals surface area contributed by atoms with Crippen LogP contribution in [0.5, 0.6) is 0 Å². The van der Waals surface area contributed by atoms with E-state index in [0.717, 1.165) is 5.69 Å². The van der Waals surface area contributed by atoms with Crippen LogP contribution >= 0.6 is 46.6 Å². The highest BCUT2D eigenvalue weighted by Gasteiger charge is 2.19. The van der Waals surface area contributed by atoms with Crippen molar-refractivity contribution in [2.24, 2.45) is 4.99 Å². The molecule has 0 fully saturated rings. The van der Waals surface area contributed by atoms with Gasteiger partial charge >= 0.3 is 0 Å². The van der Waals surface area contributed by atoms with Crippen molar-refractivity contribution >= 4 is 63.1 Å². The summed E-state index contributed by atoms with van der Waals surface area (Å²) in [7, 11) is 0. The van der Waals surface area contributed by atoms with Gasteiger partial charge in [0.1, 0.15) is 17.7 Å². The van der Waals surface area contributed by atoms with Crippen molar-refractivity contribution < 1.29 is 0 Å². The third kappa shape index (κ3) is 2.69. The number of fused-ring (bicyclic) bond motifs is 1. The van der Waals surface area contributed by atoms with Crippen LogP contribution in [0.1, 0.15) is 5.69 Å². The molecule has 0 saturated heterocycles. The third-order valence-corrected chi connectivity index (χ3v) is 4.22. The summed E-state index contributed by atoms with van der Waals surface area (Å²) < 4.78 is 0. The Morgan fingerprint density at radius 1 is 1.15 bits per heavy atom. The number of aliphatic imine (C=N–C) groups is 1. The van der Waals surface area contributed by atoms with Crippen LogP contribution in [0.15, 0.2) is 23.7 Å². The molecule has 2 aromatic heterocycles. The molecule has 0 atom stereocenters. The molecule has 0 saturated carbocycles. The topological polar surface area (TPSA) is 63.1 Å². The van der Waals surface area contributed by atoms with Gasteiger partial charge < -0.3 is 5.32 Å². The first-order chi connectivity index (χ1) is 9.65. The lowest BCUT2D eigenvalue weighted by molar-refractivity contribution is 1.09. The highest BCUT2D eigenvalue weighted by molar-refractivity contribution is 8.13. The number of thioether (sulfide) groups is 1. The summed E-state index contributed by atoms with van der Waals surface area (Å²) in [5.41, 5.74) is 1.96. The maximum atomic E-state index is 6.04. The largest absolute Gasteiger partial charge is 0.331 e. The lowest BCUT2D eigenvalue weighted by Gasteiger charge is -2.18. The normalized spacial score (nSPS) is 15.8. The predicted octanol–water partition coefficient (Wildman–Crippen LogP) is 4.18. The monoisotopic (exact) mass is 345 g/mol. The second-order valence-corrected chi connectivity index (χ2v) is 5.91. The zero-order valence-electron chi connectivity index (χ0n) is 9.77. The van der Waals surface area contributed by atoms with Crippen LogP contribution in [0.3, 0.4) is 0 Å². The Morgan fingerprint density at radius 3 is 2.65 bits per heavy atom. The number of aromatic nitrogens is 3. The van der Waals surface area contributed by atoms with Crippen LogP contribution in [0.2, 0.25) is 15.2 Å². The first-order valence-electron chi connectivity index (χ1n) is 5.42. The molecule has 0 spiro atoms. The molecular weight excluding hydrogens is 341 g/mol. The molecule has 2 aromatic rings. The summed E-state index contributed by atoms with van der Waals surface area (Å²) in [4.78, 5) is 16.4. The van der Waals surface area contributed by atoms with E-state index in [9.17, 15) is 0 Å². The van der Waals surface area contributed by atoms with E-state index in [4.69, 9.17) is 34.8 Å². The molecule has 0 aromatic carbocycles. The Labute approximate surface area is 133 Å². The zero-order valence-corrected chi connectivity index (χ0v) is 12.9. The minimum atomic E-state index is 0.356. The molecule has 3 rings (SSSR count). The lowest BCUT2D eigenvalue weighted by Crippen LogP contribution is -2.16. The molecule has 3 heterocycles. The van der Waals surface area contributed by atoms with Crippen molar-refractivity contribution in [3.05, 3.63) is 39.6 Å². The number of hydrogen-bond donors (Lipinski definition) is 1. The van der Waals surface area contributed by atoms with Crippen LogP contribution < -0.4 is 5.32 Å². The zero-order chi connectivity index (χ0) is 14.1. The van der Waals surface area contributed by atoms with Gasteiger partial charge in [-0.15, -0.1) is 0 Å². The van der Waals surface area contributed by atoms with Gasteiger partial charge in [0.2, 0.25) is 0 Å². The first kappa shape index (κ1) is 13.9. The van der Waals surface area contributed by atoms with E-state index in [2.05, 4.69) is 25.3 Å². The van der Waals surface area contributed by atoms with E-state index in [1.54, 1.807) is 0 Å². The number of anilines is 1. The standard InChI is InChI=1S/C11H6Cl3N5S/c12-5-1-15-2-6(13)8(5)18-11-19-9-7(3-20-11)16-4-17-10(9)14/h1-2,4H,3H2,(H,15,18,19). The third-order valence-electron chi connectivity index (χ3n) is 2.50. The second kappa shape index (κ2) is 5.73. The number of hydrogen-bond acceptors (Lipinski definition) is 5. The Kier molecular flexibility index (Phi) is 3.98. The fourth-order valence-corrected chi connectivity index (χ4v) is 3.05. The molecule has 1 aliphatic heterocycles. The van der Waals surface area contributed by atoms with Gasteiger partial charge in [0.25, 0.3) is 0 Å². The molecule has 9 heteroatoms. The van der Waals surface area contributed by atoms with Crippen LogP contribution in [0.4, 0.5) is 11.4 Å². The van der Waals surface area contributed by atoms with Gasteiger partial charge in [-0.05, 0) is 0 Å². The van der Waals surface area contributed by atoms with E-state index in [-0.39, 0.29) is 0 Å². The fraction of sp³-hybridized carbons (Fsp3) is 0.0909. The predicted molar refractivity (Wildman–Crippen MR) is 83.3 cm³/mol. The van der Waals surface area contributed by atoms with Crippen LogP contribution in [0, 0.1) is 0 Å². The molecule has 1 aliphatic rings. The number of pyridine rings is 1. The van der Waals surface area contributed by atoms with Crippen molar-refractivity contribution in [1.82, 2.24) is 15.0 Å². The van der Waals surface area contributed by atoms with Gasteiger partial charge in [0.15, 0.2) is 10.3 Å². The van der Waals surface area contributed by atoms with E-state index in [1.807, 2.05) is 0 Å². The number of rotatable bonds is 1. The second-order valence-electron chi connectivity index (χ2n) is 3.77. The molecule has 5 nitrogen and oxygen atoms in total. The fourth-order valence-electron chi connectivity index (χ4n) is 1.58. The van der Waals surface area contributed by atoms with Crippen molar-refractivity contribution in [1.29, 1.82) is 0 Å². The van der Waals surface area contributed by atoms with Crippen molar-refractivity contribution in [3.63, 3.8) is 0 Å². The van der Waals surface area contributed by atoms with E-state index in [1.165, 1.54) is 30.5 Å². The summed E-state index contributed by atoms with van der Waals surface area (Å²) in [6, 6.07) is 0. The number of halogens is 3. The SMILES string of the molecule is Clc1cncc(Cl)c1N=C1Nc2c(Cl)ncnc2CS1. The molecule has 0 aliphatic carbocycles. The smallest absolute Gasteiger partial charge is 0.166 e. The highest BCUT2D eigenvalue weighted by Crippen LogP contribution is 2.36. The Hall–Kier alpha value is -1.08. The summed E-state index contributed by atoms with van der Waals surface area (Å²) in [6.07, 6.45) is 4.41. The van der Waals surface area contributed by atoms with Gasteiger partial charge in [-0.1, -0.05) is 46.6 Å². The van der Waals surface area contributed by atoms with Crippen molar-refractivity contribution in [2.45, 2.75) is 5.75 Å². The van der Waals surface area contributed by atoms with E-state index < -0.39 is 0 Å². The van der Waals surface area contributed by atoms with Gasteiger partial charge in [-0.2, -0.15) is 0 Å². The average Bonchev–Trinajstić information content (AvgIpc) is 2.44. The maximum absolute atomic E-state index is 6.04. The first-order valence-corrected chi connectivity index (χ1v) is 7.54. The minimum Gasteiger partial charge on any atom is -0.331 e. The molecule has 1 N–H and O–H groups in total. The minimum absolute atomic E-state index is 0.356.